The summed E-state index contributed by atoms with van der Waals surface area (Å²) >= 11 is 0. The van der Waals surface area contributed by atoms with Gasteiger partial charge in [0.1, 0.15) is 0 Å². The highest BCUT2D eigenvalue weighted by Gasteiger charge is 2.31. The van der Waals surface area contributed by atoms with Gasteiger partial charge in [0, 0.05) is 11.5 Å². The van der Waals surface area contributed by atoms with Crippen molar-refractivity contribution in [3.8, 4) is 0 Å². The number of benzene rings is 1. The number of rotatable bonds is 2. The summed E-state index contributed by atoms with van der Waals surface area (Å²) in [6.07, 6.45) is 0. The molecule has 1 heteroatoms. The van der Waals surface area contributed by atoms with Crippen molar-refractivity contribution in [2.24, 2.45) is 5.92 Å². The number of fused-ring (bicyclic) bond motifs is 1. The van der Waals surface area contributed by atoms with Gasteiger partial charge in [-0.15, -0.1) is 0 Å². The zero-order valence-corrected chi connectivity index (χ0v) is 13.1. The molecule has 102 valence electrons. The van der Waals surface area contributed by atoms with Crippen molar-refractivity contribution in [2.75, 3.05) is 0 Å². The smallest absolute Gasteiger partial charge is 0.160 e. The van der Waals surface area contributed by atoms with Crippen LogP contribution in [0.1, 0.15) is 73.1 Å². The molecule has 2 rings (SSSR count). The number of carbonyl (C=O) groups is 1. The van der Waals surface area contributed by atoms with Gasteiger partial charge in [-0.3, -0.25) is 4.79 Å². The molecule has 0 aromatic heterocycles. The minimum absolute atomic E-state index is 0.177. The fraction of sp³-hybridized carbons (Fsp3) is 0.500. The molecule has 1 aromatic rings. The van der Waals surface area contributed by atoms with Gasteiger partial charge in [-0.2, -0.15) is 0 Å². The first-order valence-corrected chi connectivity index (χ1v) is 7.10. The summed E-state index contributed by atoms with van der Waals surface area (Å²) in [6.45, 7) is 14.8. The normalized spacial score (nSPS) is 18.2. The third-order valence-corrected chi connectivity index (χ3v) is 4.59. The predicted molar refractivity (Wildman–Crippen MR) is 81.8 cm³/mol. The molecule has 0 spiro atoms. The number of hydrogen-bond acceptors (Lipinski definition) is 1. The number of hydrogen-bond donors (Lipinski definition) is 0. The first kappa shape index (κ1) is 14.0. The van der Waals surface area contributed by atoms with Crippen molar-refractivity contribution in [1.29, 1.82) is 0 Å². The molecule has 0 radical (unpaired) electrons. The van der Waals surface area contributed by atoms with Gasteiger partial charge >= 0.3 is 0 Å². The van der Waals surface area contributed by atoms with Crippen LogP contribution in [-0.2, 0) is 0 Å². The molecule has 0 fully saturated rings. The Kier molecular flexibility index (Phi) is 3.42. The van der Waals surface area contributed by atoms with E-state index in [1.54, 1.807) is 6.92 Å². The Labute approximate surface area is 116 Å². The van der Waals surface area contributed by atoms with Crippen LogP contribution >= 0.6 is 0 Å². The minimum Gasteiger partial charge on any atom is -0.294 e. The van der Waals surface area contributed by atoms with Crippen molar-refractivity contribution in [3.05, 3.63) is 39.5 Å². The maximum Gasteiger partial charge on any atom is 0.160 e. The third kappa shape index (κ3) is 1.96. The van der Waals surface area contributed by atoms with Crippen LogP contribution < -0.4 is 0 Å². The number of Topliss-reactive ketones (excluding diaryl/α,β-unsaturated/α-hetero) is 1. The van der Waals surface area contributed by atoms with Crippen LogP contribution in [0.5, 0.6) is 0 Å². The van der Waals surface area contributed by atoms with Gasteiger partial charge in [0.25, 0.3) is 0 Å². The van der Waals surface area contributed by atoms with E-state index < -0.39 is 0 Å². The molecule has 1 nitrogen and oxygen atoms in total. The Morgan fingerprint density at radius 1 is 1.16 bits per heavy atom. The SMILES string of the molecule is CC(=O)c1c(C)cc2c(c1C)C(C)=C(C)C2C(C)C. The topological polar surface area (TPSA) is 17.1 Å². The standard InChI is InChI=1S/C18H24O/c1-9(2)16-11(4)12(5)18-13(6)17(14(7)19)10(3)8-15(16)18/h8-9,16H,1-7H3. The molecule has 0 saturated carbocycles. The Bertz CT molecular complexity index is 588. The lowest BCUT2D eigenvalue weighted by Gasteiger charge is -2.21. The highest BCUT2D eigenvalue weighted by Crippen LogP contribution is 2.47. The molecule has 1 unspecified atom stereocenters. The van der Waals surface area contributed by atoms with Crippen molar-refractivity contribution in [1.82, 2.24) is 0 Å². The van der Waals surface area contributed by atoms with E-state index in [4.69, 9.17) is 0 Å². The van der Waals surface area contributed by atoms with Crippen LogP contribution in [0.2, 0.25) is 0 Å². The zero-order chi connectivity index (χ0) is 14.5. The van der Waals surface area contributed by atoms with E-state index in [0.29, 0.717) is 11.8 Å². The Morgan fingerprint density at radius 2 is 1.74 bits per heavy atom. The van der Waals surface area contributed by atoms with E-state index in [1.807, 2.05) is 0 Å². The Hall–Kier alpha value is -1.37. The van der Waals surface area contributed by atoms with Gasteiger partial charge in [-0.25, -0.2) is 0 Å². The van der Waals surface area contributed by atoms with Crippen LogP contribution in [-0.4, -0.2) is 5.78 Å². The van der Waals surface area contributed by atoms with Gasteiger partial charge in [-0.1, -0.05) is 25.5 Å². The first-order chi connectivity index (χ1) is 8.77. The van der Waals surface area contributed by atoms with Gasteiger partial charge in [0.15, 0.2) is 5.78 Å². The van der Waals surface area contributed by atoms with E-state index in [0.717, 1.165) is 11.1 Å². The molecule has 0 N–H and O–H groups in total. The highest BCUT2D eigenvalue weighted by atomic mass is 16.1. The maximum absolute atomic E-state index is 11.9. The number of carbonyl (C=O) groups excluding carboxylic acids is 1. The quantitative estimate of drug-likeness (QED) is 0.676. The second kappa shape index (κ2) is 4.63. The van der Waals surface area contributed by atoms with Crippen LogP contribution in [0, 0.1) is 19.8 Å². The molecule has 0 saturated heterocycles. The van der Waals surface area contributed by atoms with E-state index in [1.165, 1.54) is 27.8 Å². The highest BCUT2D eigenvalue weighted by molar-refractivity contribution is 5.99. The molecule has 1 aliphatic carbocycles. The third-order valence-electron chi connectivity index (χ3n) is 4.59. The van der Waals surface area contributed by atoms with Crippen molar-refractivity contribution < 1.29 is 4.79 Å². The number of aryl methyl sites for hydroxylation is 1. The second-order valence-electron chi connectivity index (χ2n) is 6.24. The van der Waals surface area contributed by atoms with E-state index in [2.05, 4.69) is 47.6 Å². The van der Waals surface area contributed by atoms with E-state index in [-0.39, 0.29) is 5.78 Å². The fourth-order valence-corrected chi connectivity index (χ4v) is 3.82. The average molecular weight is 256 g/mol. The summed E-state index contributed by atoms with van der Waals surface area (Å²) in [6, 6.07) is 2.24. The van der Waals surface area contributed by atoms with Crippen LogP contribution in [0.15, 0.2) is 11.6 Å². The van der Waals surface area contributed by atoms with Crippen LogP contribution in [0.3, 0.4) is 0 Å². The lowest BCUT2D eigenvalue weighted by molar-refractivity contribution is 0.101. The number of ketones is 1. The first-order valence-electron chi connectivity index (χ1n) is 7.10. The Balaban J connectivity index is 2.79. The molecule has 1 atom stereocenters. The molecule has 0 bridgehead atoms. The monoisotopic (exact) mass is 256 g/mol. The Morgan fingerprint density at radius 3 is 2.21 bits per heavy atom. The largest absolute Gasteiger partial charge is 0.294 e. The molecule has 0 heterocycles. The van der Waals surface area contributed by atoms with Crippen molar-refractivity contribution in [3.63, 3.8) is 0 Å². The van der Waals surface area contributed by atoms with Crippen LogP contribution in [0.4, 0.5) is 0 Å². The van der Waals surface area contributed by atoms with E-state index >= 15 is 0 Å². The maximum atomic E-state index is 11.9. The second-order valence-corrected chi connectivity index (χ2v) is 6.24. The number of allylic oxidation sites excluding steroid dienone is 2. The van der Waals surface area contributed by atoms with Gasteiger partial charge in [-0.05, 0) is 68.4 Å². The average Bonchev–Trinajstić information content (AvgIpc) is 2.50. The molecule has 0 amide bonds. The molecule has 0 aliphatic heterocycles. The summed E-state index contributed by atoms with van der Waals surface area (Å²) in [5.74, 6) is 1.28. The molecular formula is C18H24O. The van der Waals surface area contributed by atoms with Gasteiger partial charge in [0.2, 0.25) is 0 Å². The van der Waals surface area contributed by atoms with Crippen LogP contribution in [0.25, 0.3) is 5.57 Å². The van der Waals surface area contributed by atoms with E-state index in [9.17, 15) is 4.79 Å². The molecule has 1 aromatic carbocycles. The predicted octanol–water partition coefficient (Wildman–Crippen LogP) is 5.05. The summed E-state index contributed by atoms with van der Waals surface area (Å²) in [5.41, 5.74) is 8.79. The van der Waals surface area contributed by atoms with Gasteiger partial charge in [0.05, 0.1) is 0 Å². The lowest BCUT2D eigenvalue weighted by Crippen LogP contribution is -2.09. The van der Waals surface area contributed by atoms with Crippen molar-refractivity contribution in [2.45, 2.75) is 54.4 Å². The molecular weight excluding hydrogens is 232 g/mol. The lowest BCUT2D eigenvalue weighted by atomic mass is 9.83. The summed E-state index contributed by atoms with van der Waals surface area (Å²) in [4.78, 5) is 11.9. The minimum atomic E-state index is 0.177. The summed E-state index contributed by atoms with van der Waals surface area (Å²) in [7, 11) is 0. The molecule has 19 heavy (non-hydrogen) atoms. The summed E-state index contributed by atoms with van der Waals surface area (Å²) in [5, 5.41) is 0. The van der Waals surface area contributed by atoms with Crippen molar-refractivity contribution >= 4 is 11.4 Å². The zero-order valence-electron chi connectivity index (χ0n) is 13.1. The van der Waals surface area contributed by atoms with Gasteiger partial charge < -0.3 is 0 Å². The molecule has 1 aliphatic rings. The fourth-order valence-electron chi connectivity index (χ4n) is 3.82. The summed E-state index contributed by atoms with van der Waals surface area (Å²) < 4.78 is 0.